The summed E-state index contributed by atoms with van der Waals surface area (Å²) in [7, 11) is 0. The van der Waals surface area contributed by atoms with E-state index in [1.807, 2.05) is 57.4 Å². The van der Waals surface area contributed by atoms with Gasteiger partial charge < -0.3 is 4.57 Å². The summed E-state index contributed by atoms with van der Waals surface area (Å²) >= 11 is 7.58. The minimum Gasteiger partial charge on any atom is -0.318 e. The summed E-state index contributed by atoms with van der Waals surface area (Å²) in [4.78, 5) is 18.4. The van der Waals surface area contributed by atoms with Gasteiger partial charge in [-0.05, 0) is 68.5 Å². The SMILES string of the molecule is CC1=CSC2=NC(=O)/C(=C\c3cc(C)n(-c4cc(Cl)ccc4C)c3C)C(=N)N12. The predicted octanol–water partition coefficient (Wildman–Crippen LogP) is 5.22. The zero-order chi connectivity index (χ0) is 20.2. The number of fused-ring (bicyclic) bond motifs is 1. The maximum Gasteiger partial charge on any atom is 0.283 e. The number of carbonyl (C=O) groups excluding carboxylic acids is 1. The van der Waals surface area contributed by atoms with Gasteiger partial charge in [-0.1, -0.05) is 29.4 Å². The summed E-state index contributed by atoms with van der Waals surface area (Å²) in [5, 5.41) is 11.6. The second-order valence-electron chi connectivity index (χ2n) is 6.91. The lowest BCUT2D eigenvalue weighted by Crippen LogP contribution is -2.37. The van der Waals surface area contributed by atoms with Crippen molar-refractivity contribution in [3.8, 4) is 5.69 Å². The van der Waals surface area contributed by atoms with Crippen LogP contribution in [0.2, 0.25) is 5.02 Å². The number of aliphatic imine (C=N–C) groups is 1. The number of benzene rings is 1. The predicted molar refractivity (Wildman–Crippen MR) is 116 cm³/mol. The summed E-state index contributed by atoms with van der Waals surface area (Å²) in [5.41, 5.74) is 6.20. The van der Waals surface area contributed by atoms with Crippen LogP contribution in [-0.4, -0.2) is 26.4 Å². The Balaban J connectivity index is 1.82. The summed E-state index contributed by atoms with van der Waals surface area (Å²) in [6.07, 6.45) is 1.76. The lowest BCUT2D eigenvalue weighted by molar-refractivity contribution is -0.114. The quantitative estimate of drug-likeness (QED) is 0.690. The van der Waals surface area contributed by atoms with Gasteiger partial charge in [0.15, 0.2) is 5.17 Å². The lowest BCUT2D eigenvalue weighted by atomic mass is 10.1. The van der Waals surface area contributed by atoms with Crippen molar-refractivity contribution >= 4 is 46.3 Å². The molecule has 2 aromatic rings. The van der Waals surface area contributed by atoms with E-state index < -0.39 is 0 Å². The average molecular weight is 411 g/mol. The first-order chi connectivity index (χ1) is 13.3. The number of hydrogen-bond donors (Lipinski definition) is 1. The smallest absolute Gasteiger partial charge is 0.283 e. The zero-order valence-electron chi connectivity index (χ0n) is 16.0. The molecule has 0 saturated heterocycles. The highest BCUT2D eigenvalue weighted by atomic mass is 35.5. The molecule has 2 aliphatic rings. The van der Waals surface area contributed by atoms with Crippen LogP contribution < -0.4 is 0 Å². The van der Waals surface area contributed by atoms with E-state index >= 15 is 0 Å². The molecule has 1 N–H and O–H groups in total. The van der Waals surface area contributed by atoms with Crippen molar-refractivity contribution in [3.63, 3.8) is 0 Å². The monoisotopic (exact) mass is 410 g/mol. The van der Waals surface area contributed by atoms with Crippen LogP contribution in [0, 0.1) is 26.2 Å². The number of nitrogens with zero attached hydrogens (tertiary/aromatic N) is 3. The molecule has 0 atom stereocenters. The second-order valence-corrected chi connectivity index (χ2v) is 8.18. The van der Waals surface area contributed by atoms with E-state index in [0.29, 0.717) is 15.8 Å². The molecule has 3 heterocycles. The van der Waals surface area contributed by atoms with E-state index in [2.05, 4.69) is 9.56 Å². The first kappa shape index (κ1) is 18.8. The molecule has 1 aromatic heterocycles. The number of hydrogen-bond acceptors (Lipinski definition) is 3. The number of amidine groups is 2. The van der Waals surface area contributed by atoms with Crippen LogP contribution >= 0.6 is 23.4 Å². The Hall–Kier alpha value is -2.57. The molecule has 0 saturated carbocycles. The minimum atomic E-state index is -0.379. The summed E-state index contributed by atoms with van der Waals surface area (Å²) < 4.78 is 2.12. The van der Waals surface area contributed by atoms with Gasteiger partial charge in [0.2, 0.25) is 0 Å². The Kier molecular flexibility index (Phi) is 4.56. The Morgan fingerprint density at radius 3 is 2.68 bits per heavy atom. The van der Waals surface area contributed by atoms with Gasteiger partial charge in [0.1, 0.15) is 5.84 Å². The van der Waals surface area contributed by atoms with Gasteiger partial charge in [-0.2, -0.15) is 4.99 Å². The molecule has 7 heteroatoms. The average Bonchev–Trinajstić information content (AvgIpc) is 3.13. The standard InChI is InChI=1S/C21H19ClN4OS/c1-11-5-6-16(22)9-18(11)25-12(2)7-15(14(25)4)8-17-19(23)26-13(3)10-28-21(26)24-20(17)27/h5-10,23H,1-4H3/b17-8-,23-19?. The van der Waals surface area contributed by atoms with Crippen LogP contribution in [0.25, 0.3) is 11.8 Å². The highest BCUT2D eigenvalue weighted by Crippen LogP contribution is 2.33. The number of rotatable bonds is 2. The Morgan fingerprint density at radius 1 is 1.18 bits per heavy atom. The number of halogens is 1. The van der Waals surface area contributed by atoms with E-state index in [1.54, 1.807) is 11.0 Å². The van der Waals surface area contributed by atoms with Gasteiger partial charge in [-0.25, -0.2) is 0 Å². The molecule has 0 radical (unpaired) electrons. The van der Waals surface area contributed by atoms with E-state index in [-0.39, 0.29) is 11.7 Å². The van der Waals surface area contributed by atoms with Crippen molar-refractivity contribution in [2.75, 3.05) is 0 Å². The number of thioether (sulfide) groups is 1. The molecule has 4 rings (SSSR count). The normalized spacial score (nSPS) is 17.9. The highest BCUT2D eigenvalue weighted by molar-refractivity contribution is 8.16. The molecule has 5 nitrogen and oxygen atoms in total. The van der Waals surface area contributed by atoms with Gasteiger partial charge in [-0.3, -0.25) is 15.1 Å². The molecule has 0 bridgehead atoms. The van der Waals surface area contributed by atoms with Crippen LogP contribution in [0.4, 0.5) is 0 Å². The van der Waals surface area contributed by atoms with Crippen molar-refractivity contribution < 1.29 is 4.79 Å². The third-order valence-electron chi connectivity index (χ3n) is 4.97. The van der Waals surface area contributed by atoms with Crippen LogP contribution in [-0.2, 0) is 4.79 Å². The van der Waals surface area contributed by atoms with Gasteiger partial charge in [0.05, 0.1) is 5.57 Å². The van der Waals surface area contributed by atoms with E-state index in [9.17, 15) is 4.79 Å². The maximum atomic E-state index is 12.5. The largest absolute Gasteiger partial charge is 0.318 e. The molecular weight excluding hydrogens is 392 g/mol. The van der Waals surface area contributed by atoms with Crippen molar-refractivity contribution in [3.05, 3.63) is 68.5 Å². The lowest BCUT2D eigenvalue weighted by Gasteiger charge is -2.25. The molecule has 28 heavy (non-hydrogen) atoms. The van der Waals surface area contributed by atoms with Crippen molar-refractivity contribution in [2.24, 2.45) is 4.99 Å². The molecule has 0 spiro atoms. The summed E-state index contributed by atoms with van der Waals surface area (Å²) in [6, 6.07) is 7.82. The number of aryl methyl sites for hydroxylation is 2. The second kappa shape index (κ2) is 6.79. The van der Waals surface area contributed by atoms with Gasteiger partial charge in [0.25, 0.3) is 5.91 Å². The minimum absolute atomic E-state index is 0.164. The molecule has 1 aromatic carbocycles. The molecule has 0 unspecified atom stereocenters. The van der Waals surface area contributed by atoms with Gasteiger partial charge >= 0.3 is 0 Å². The molecular formula is C21H19ClN4OS. The van der Waals surface area contributed by atoms with Crippen molar-refractivity contribution in [2.45, 2.75) is 27.7 Å². The fourth-order valence-electron chi connectivity index (χ4n) is 3.52. The number of amides is 1. The Morgan fingerprint density at radius 2 is 1.93 bits per heavy atom. The summed E-state index contributed by atoms with van der Waals surface area (Å²) in [6.45, 7) is 7.97. The fourth-order valence-corrected chi connectivity index (χ4v) is 4.55. The van der Waals surface area contributed by atoms with E-state index in [4.69, 9.17) is 17.0 Å². The summed E-state index contributed by atoms with van der Waals surface area (Å²) in [5.74, 6) is -0.215. The molecule has 0 fully saturated rings. The number of allylic oxidation sites excluding steroid dienone is 1. The Labute approximate surface area is 172 Å². The molecule has 142 valence electrons. The van der Waals surface area contributed by atoms with Crippen LogP contribution in [0.1, 0.15) is 29.4 Å². The molecule has 1 amide bonds. The molecule has 2 aliphatic heterocycles. The van der Waals surface area contributed by atoms with Crippen molar-refractivity contribution in [1.82, 2.24) is 9.47 Å². The zero-order valence-corrected chi connectivity index (χ0v) is 17.6. The fraction of sp³-hybridized carbons (Fsp3) is 0.190. The van der Waals surface area contributed by atoms with Gasteiger partial charge in [-0.15, -0.1) is 0 Å². The first-order valence-electron chi connectivity index (χ1n) is 8.80. The number of aromatic nitrogens is 1. The number of carbonyl (C=O) groups is 1. The third kappa shape index (κ3) is 2.93. The van der Waals surface area contributed by atoms with Crippen LogP contribution in [0.5, 0.6) is 0 Å². The third-order valence-corrected chi connectivity index (χ3v) is 6.15. The van der Waals surface area contributed by atoms with Crippen LogP contribution in [0.3, 0.4) is 0 Å². The van der Waals surface area contributed by atoms with Crippen LogP contribution in [0.15, 0.2) is 45.9 Å². The van der Waals surface area contributed by atoms with Crippen molar-refractivity contribution in [1.29, 1.82) is 5.41 Å². The molecule has 0 aliphatic carbocycles. The first-order valence-corrected chi connectivity index (χ1v) is 10.1. The van der Waals surface area contributed by atoms with E-state index in [1.165, 1.54) is 11.8 Å². The highest BCUT2D eigenvalue weighted by Gasteiger charge is 2.34. The maximum absolute atomic E-state index is 12.5. The number of nitrogens with one attached hydrogen (secondary N) is 1. The Bertz CT molecular complexity index is 1140. The van der Waals surface area contributed by atoms with E-state index in [0.717, 1.165) is 33.9 Å². The van der Waals surface area contributed by atoms with Gasteiger partial charge in [0, 0.05) is 27.8 Å². The topological polar surface area (TPSA) is 61.5 Å².